The number of sulfonamides is 1. The SMILES string of the molecule is COc1ccc(S(=O)(=O)Nc2ccc(-c3noc(-c4ccncc4)n3)cc2)cc1. The average Bonchev–Trinajstić information content (AvgIpc) is 3.25. The predicted octanol–water partition coefficient (Wildman–Crippen LogP) is 3.61. The van der Waals surface area contributed by atoms with E-state index in [1.165, 1.54) is 19.2 Å². The second kappa shape index (κ2) is 7.72. The first-order valence-electron chi connectivity index (χ1n) is 8.56. The van der Waals surface area contributed by atoms with E-state index in [4.69, 9.17) is 9.26 Å². The number of nitrogens with one attached hydrogen (secondary N) is 1. The number of hydrogen-bond acceptors (Lipinski definition) is 7. The number of pyridine rings is 1. The van der Waals surface area contributed by atoms with E-state index in [1.807, 2.05) is 0 Å². The lowest BCUT2D eigenvalue weighted by Crippen LogP contribution is -2.12. The summed E-state index contributed by atoms with van der Waals surface area (Å²) < 4.78 is 37.9. The van der Waals surface area contributed by atoms with Crippen molar-refractivity contribution in [3.8, 4) is 28.6 Å². The fourth-order valence-corrected chi connectivity index (χ4v) is 3.67. The molecule has 1 N–H and O–H groups in total. The summed E-state index contributed by atoms with van der Waals surface area (Å²) in [6.07, 6.45) is 3.28. The number of benzene rings is 2. The molecule has 146 valence electrons. The quantitative estimate of drug-likeness (QED) is 0.519. The molecule has 4 rings (SSSR count). The standard InChI is InChI=1S/C20H16N4O4S/c1-27-17-6-8-18(9-7-17)29(25,26)24-16-4-2-14(3-5-16)19-22-20(28-23-19)15-10-12-21-13-11-15/h2-13,24H,1H3. The zero-order valence-electron chi connectivity index (χ0n) is 15.3. The Bertz CT molecular complexity index is 1210. The van der Waals surface area contributed by atoms with Crippen LogP contribution >= 0.6 is 0 Å². The van der Waals surface area contributed by atoms with Crippen molar-refractivity contribution in [1.29, 1.82) is 0 Å². The van der Waals surface area contributed by atoms with E-state index in [0.717, 1.165) is 5.56 Å². The van der Waals surface area contributed by atoms with Gasteiger partial charge in [-0.25, -0.2) is 8.42 Å². The Kier molecular flexibility index (Phi) is 4.96. The van der Waals surface area contributed by atoms with Crippen LogP contribution in [0.25, 0.3) is 22.8 Å². The number of anilines is 1. The summed E-state index contributed by atoms with van der Waals surface area (Å²) in [6, 6.07) is 16.4. The van der Waals surface area contributed by atoms with Crippen molar-refractivity contribution in [2.24, 2.45) is 0 Å². The average molecular weight is 408 g/mol. The molecule has 0 fully saturated rings. The van der Waals surface area contributed by atoms with Crippen LogP contribution in [-0.2, 0) is 10.0 Å². The van der Waals surface area contributed by atoms with E-state index < -0.39 is 10.0 Å². The number of hydrogen-bond donors (Lipinski definition) is 1. The van der Waals surface area contributed by atoms with Gasteiger partial charge in [0.25, 0.3) is 15.9 Å². The van der Waals surface area contributed by atoms with Crippen molar-refractivity contribution < 1.29 is 17.7 Å². The van der Waals surface area contributed by atoms with Crippen LogP contribution in [0.5, 0.6) is 5.75 Å². The Morgan fingerprint density at radius 1 is 0.897 bits per heavy atom. The Morgan fingerprint density at radius 2 is 1.59 bits per heavy atom. The molecule has 0 unspecified atom stereocenters. The zero-order chi connectivity index (χ0) is 20.3. The molecule has 2 aromatic heterocycles. The molecular weight excluding hydrogens is 392 g/mol. The summed E-state index contributed by atoms with van der Waals surface area (Å²) in [5, 5.41) is 3.97. The van der Waals surface area contributed by atoms with Gasteiger partial charge in [0.2, 0.25) is 5.82 Å². The molecular formula is C20H16N4O4S. The molecule has 4 aromatic rings. The van der Waals surface area contributed by atoms with E-state index >= 15 is 0 Å². The van der Waals surface area contributed by atoms with E-state index in [2.05, 4.69) is 19.8 Å². The maximum Gasteiger partial charge on any atom is 0.261 e. The van der Waals surface area contributed by atoms with Gasteiger partial charge in [0.1, 0.15) is 5.75 Å². The number of aromatic nitrogens is 3. The molecule has 8 nitrogen and oxygen atoms in total. The molecule has 0 radical (unpaired) electrons. The summed E-state index contributed by atoms with van der Waals surface area (Å²) in [4.78, 5) is 8.46. The van der Waals surface area contributed by atoms with Gasteiger partial charge >= 0.3 is 0 Å². The third kappa shape index (κ3) is 4.09. The highest BCUT2D eigenvalue weighted by molar-refractivity contribution is 7.92. The van der Waals surface area contributed by atoms with E-state index in [0.29, 0.717) is 28.7 Å². The summed E-state index contributed by atoms with van der Waals surface area (Å²) in [6.45, 7) is 0. The Labute approximate surface area is 167 Å². The molecule has 0 spiro atoms. The van der Waals surface area contributed by atoms with E-state index in [1.54, 1.807) is 60.9 Å². The van der Waals surface area contributed by atoms with Crippen LogP contribution < -0.4 is 9.46 Å². The van der Waals surface area contributed by atoms with Gasteiger partial charge in [-0.1, -0.05) is 5.16 Å². The van der Waals surface area contributed by atoms with E-state index in [-0.39, 0.29) is 4.90 Å². The molecule has 0 saturated carbocycles. The second-order valence-electron chi connectivity index (χ2n) is 6.02. The molecule has 2 heterocycles. The van der Waals surface area contributed by atoms with Crippen LogP contribution in [0, 0.1) is 0 Å². The molecule has 9 heteroatoms. The van der Waals surface area contributed by atoms with Gasteiger partial charge in [-0.2, -0.15) is 4.98 Å². The highest BCUT2D eigenvalue weighted by Gasteiger charge is 2.15. The lowest BCUT2D eigenvalue weighted by atomic mass is 10.2. The van der Waals surface area contributed by atoms with Crippen LogP contribution in [0.4, 0.5) is 5.69 Å². The van der Waals surface area contributed by atoms with Crippen molar-refractivity contribution in [2.45, 2.75) is 4.90 Å². The molecule has 2 aromatic carbocycles. The summed E-state index contributed by atoms with van der Waals surface area (Å²) in [5.41, 5.74) is 1.88. The predicted molar refractivity (Wildman–Crippen MR) is 107 cm³/mol. The Balaban J connectivity index is 1.51. The molecule has 0 saturated heterocycles. The largest absolute Gasteiger partial charge is 0.497 e. The zero-order valence-corrected chi connectivity index (χ0v) is 16.1. The lowest BCUT2D eigenvalue weighted by molar-refractivity contribution is 0.414. The van der Waals surface area contributed by atoms with Crippen LogP contribution in [0.2, 0.25) is 0 Å². The van der Waals surface area contributed by atoms with Gasteiger partial charge in [0.15, 0.2) is 0 Å². The minimum Gasteiger partial charge on any atom is -0.497 e. The first-order valence-corrected chi connectivity index (χ1v) is 10.0. The normalized spacial score (nSPS) is 11.2. The molecule has 0 amide bonds. The lowest BCUT2D eigenvalue weighted by Gasteiger charge is -2.09. The monoisotopic (exact) mass is 408 g/mol. The minimum atomic E-state index is -3.71. The van der Waals surface area contributed by atoms with Gasteiger partial charge < -0.3 is 9.26 Å². The summed E-state index contributed by atoms with van der Waals surface area (Å²) >= 11 is 0. The van der Waals surface area contributed by atoms with Gasteiger partial charge in [-0.05, 0) is 60.7 Å². The van der Waals surface area contributed by atoms with Gasteiger partial charge in [0, 0.05) is 29.2 Å². The third-order valence-electron chi connectivity index (χ3n) is 4.12. The second-order valence-corrected chi connectivity index (χ2v) is 7.70. The molecule has 29 heavy (non-hydrogen) atoms. The van der Waals surface area contributed by atoms with Crippen LogP contribution in [0.15, 0.2) is 82.5 Å². The number of nitrogens with zero attached hydrogens (tertiary/aromatic N) is 3. The van der Waals surface area contributed by atoms with Crippen LogP contribution in [0.3, 0.4) is 0 Å². The smallest absolute Gasteiger partial charge is 0.261 e. The van der Waals surface area contributed by atoms with E-state index in [9.17, 15) is 8.42 Å². The molecule has 0 aliphatic carbocycles. The van der Waals surface area contributed by atoms with Crippen LogP contribution in [0.1, 0.15) is 0 Å². The summed E-state index contributed by atoms with van der Waals surface area (Å²) in [7, 11) is -2.19. The number of rotatable bonds is 6. The molecule has 0 aliphatic heterocycles. The summed E-state index contributed by atoms with van der Waals surface area (Å²) in [5.74, 6) is 1.37. The van der Waals surface area contributed by atoms with Crippen molar-refractivity contribution >= 4 is 15.7 Å². The van der Waals surface area contributed by atoms with Crippen molar-refractivity contribution in [2.75, 3.05) is 11.8 Å². The van der Waals surface area contributed by atoms with Crippen molar-refractivity contribution in [3.63, 3.8) is 0 Å². The molecule has 0 bridgehead atoms. The highest BCUT2D eigenvalue weighted by Crippen LogP contribution is 2.24. The van der Waals surface area contributed by atoms with Crippen LogP contribution in [-0.4, -0.2) is 30.7 Å². The minimum absolute atomic E-state index is 0.141. The first kappa shape index (κ1) is 18.6. The molecule has 0 aliphatic rings. The number of methoxy groups -OCH3 is 1. The fraction of sp³-hybridized carbons (Fsp3) is 0.0500. The maximum atomic E-state index is 12.5. The first-order chi connectivity index (χ1) is 14.0. The third-order valence-corrected chi connectivity index (χ3v) is 5.52. The topological polar surface area (TPSA) is 107 Å². The van der Waals surface area contributed by atoms with Gasteiger partial charge in [0.05, 0.1) is 12.0 Å². The highest BCUT2D eigenvalue weighted by atomic mass is 32.2. The Morgan fingerprint density at radius 3 is 2.24 bits per heavy atom. The number of ether oxygens (including phenoxy) is 1. The fourth-order valence-electron chi connectivity index (χ4n) is 2.61. The Hall–Kier alpha value is -3.72. The van der Waals surface area contributed by atoms with Crippen molar-refractivity contribution in [3.05, 3.63) is 73.1 Å². The van der Waals surface area contributed by atoms with Gasteiger partial charge in [-0.15, -0.1) is 0 Å². The molecule has 0 atom stereocenters. The maximum absolute atomic E-state index is 12.5. The van der Waals surface area contributed by atoms with Gasteiger partial charge in [-0.3, -0.25) is 9.71 Å². The van der Waals surface area contributed by atoms with Crippen molar-refractivity contribution in [1.82, 2.24) is 15.1 Å².